The number of benzene rings is 2. The summed E-state index contributed by atoms with van der Waals surface area (Å²) in [5.41, 5.74) is 2.35. The Morgan fingerprint density at radius 3 is 2.42 bits per heavy atom. The molecule has 0 aromatic heterocycles. The molecule has 5 heteroatoms. The maximum absolute atomic E-state index is 12.3. The van der Waals surface area contributed by atoms with Crippen molar-refractivity contribution in [3.05, 3.63) is 59.7 Å². The third-order valence-electron chi connectivity index (χ3n) is 3.76. The van der Waals surface area contributed by atoms with E-state index in [4.69, 9.17) is 4.74 Å². The highest BCUT2D eigenvalue weighted by atomic mass is 16.5. The third-order valence-corrected chi connectivity index (χ3v) is 3.76. The van der Waals surface area contributed by atoms with Crippen LogP contribution in [0.15, 0.2) is 48.5 Å². The molecule has 126 valence electrons. The smallest absolute Gasteiger partial charge is 0.255 e. The summed E-state index contributed by atoms with van der Waals surface area (Å²) in [6.45, 7) is 4.24. The molecule has 0 heterocycles. The maximum atomic E-state index is 12.3. The molecule has 0 saturated heterocycles. The molecule has 0 spiro atoms. The first-order chi connectivity index (χ1) is 11.5. The fourth-order valence-electron chi connectivity index (χ4n) is 2.52. The van der Waals surface area contributed by atoms with Gasteiger partial charge in [-0.25, -0.2) is 0 Å². The summed E-state index contributed by atoms with van der Waals surface area (Å²) in [4.78, 5) is 25.9. The molecule has 5 nitrogen and oxygen atoms in total. The molecule has 0 fully saturated rings. The van der Waals surface area contributed by atoms with Gasteiger partial charge in [0.1, 0.15) is 5.75 Å². The highest BCUT2D eigenvalue weighted by molar-refractivity contribution is 5.97. The van der Waals surface area contributed by atoms with E-state index < -0.39 is 0 Å². The zero-order valence-electron chi connectivity index (χ0n) is 14.2. The number of para-hydroxylation sites is 2. The van der Waals surface area contributed by atoms with Gasteiger partial charge in [0.05, 0.1) is 12.7 Å². The molecule has 2 aromatic rings. The first-order valence-electron chi connectivity index (χ1n) is 7.79. The van der Waals surface area contributed by atoms with Gasteiger partial charge in [0.25, 0.3) is 5.91 Å². The van der Waals surface area contributed by atoms with Crippen LogP contribution in [0.1, 0.15) is 22.8 Å². The number of aryl methyl sites for hydroxylation is 1. The van der Waals surface area contributed by atoms with Crippen LogP contribution in [0.4, 0.5) is 5.69 Å². The number of hydrogen-bond acceptors (Lipinski definition) is 3. The summed E-state index contributed by atoms with van der Waals surface area (Å²) in [5, 5.41) is 2.84. The topological polar surface area (TPSA) is 58.6 Å². The van der Waals surface area contributed by atoms with Crippen molar-refractivity contribution in [1.82, 2.24) is 5.32 Å². The second-order valence-corrected chi connectivity index (χ2v) is 5.41. The largest absolute Gasteiger partial charge is 0.496 e. The Morgan fingerprint density at radius 1 is 1.08 bits per heavy atom. The Morgan fingerprint density at radius 2 is 1.75 bits per heavy atom. The number of carbonyl (C=O) groups excluding carboxylic acids is 2. The lowest BCUT2D eigenvalue weighted by atomic mass is 10.1. The number of anilines is 1. The van der Waals surface area contributed by atoms with E-state index in [0.717, 1.165) is 11.3 Å². The Hall–Kier alpha value is -2.82. The van der Waals surface area contributed by atoms with Crippen LogP contribution in [-0.2, 0) is 4.79 Å². The normalized spacial score (nSPS) is 10.1. The average Bonchev–Trinajstić information content (AvgIpc) is 2.59. The average molecular weight is 326 g/mol. The molecule has 1 N–H and O–H groups in total. The van der Waals surface area contributed by atoms with E-state index in [1.54, 1.807) is 23.1 Å². The number of ether oxygens (including phenoxy) is 1. The number of amides is 2. The van der Waals surface area contributed by atoms with E-state index in [2.05, 4.69) is 5.32 Å². The predicted octanol–water partition coefficient (Wildman–Crippen LogP) is 2.79. The van der Waals surface area contributed by atoms with Crippen molar-refractivity contribution in [1.29, 1.82) is 0 Å². The molecule has 0 aliphatic heterocycles. The van der Waals surface area contributed by atoms with Crippen LogP contribution in [0.3, 0.4) is 0 Å². The Bertz CT molecular complexity index is 728. The van der Waals surface area contributed by atoms with Crippen LogP contribution in [0.5, 0.6) is 5.75 Å². The van der Waals surface area contributed by atoms with Crippen molar-refractivity contribution in [3.63, 3.8) is 0 Å². The minimum atomic E-state index is -0.222. The molecular weight excluding hydrogens is 304 g/mol. The van der Waals surface area contributed by atoms with Gasteiger partial charge in [-0.2, -0.15) is 0 Å². The first-order valence-corrected chi connectivity index (χ1v) is 7.79. The molecule has 2 rings (SSSR count). The Kier molecular flexibility index (Phi) is 5.95. The lowest BCUT2D eigenvalue weighted by molar-refractivity contribution is -0.116. The van der Waals surface area contributed by atoms with E-state index in [9.17, 15) is 9.59 Å². The summed E-state index contributed by atoms with van der Waals surface area (Å²) in [5.74, 6) is 0.244. The van der Waals surface area contributed by atoms with Crippen LogP contribution in [0.25, 0.3) is 0 Å². The monoisotopic (exact) mass is 326 g/mol. The van der Waals surface area contributed by atoms with Crippen molar-refractivity contribution in [2.45, 2.75) is 13.8 Å². The molecule has 0 saturated carbocycles. The lowest BCUT2D eigenvalue weighted by Gasteiger charge is -2.23. The van der Waals surface area contributed by atoms with Crippen molar-refractivity contribution in [3.8, 4) is 5.75 Å². The standard InChI is InChI=1S/C19H22N2O3/c1-14-8-4-6-10-17(14)21(15(2)22)13-12-20-19(23)16-9-5-7-11-18(16)24-3/h4-11H,12-13H2,1-3H3,(H,20,23). The lowest BCUT2D eigenvalue weighted by Crippen LogP contribution is -2.38. The van der Waals surface area contributed by atoms with Gasteiger partial charge >= 0.3 is 0 Å². The Balaban J connectivity index is 2.02. The van der Waals surface area contributed by atoms with Crippen LogP contribution in [-0.4, -0.2) is 32.0 Å². The van der Waals surface area contributed by atoms with Gasteiger partial charge in [-0.15, -0.1) is 0 Å². The van der Waals surface area contributed by atoms with Crippen molar-refractivity contribution >= 4 is 17.5 Å². The molecule has 0 bridgehead atoms. The zero-order valence-corrected chi connectivity index (χ0v) is 14.2. The van der Waals surface area contributed by atoms with E-state index >= 15 is 0 Å². The van der Waals surface area contributed by atoms with Crippen LogP contribution in [0, 0.1) is 6.92 Å². The zero-order chi connectivity index (χ0) is 17.5. The number of nitrogens with zero attached hydrogens (tertiary/aromatic N) is 1. The second-order valence-electron chi connectivity index (χ2n) is 5.41. The molecule has 0 aliphatic rings. The van der Waals surface area contributed by atoms with E-state index in [0.29, 0.717) is 24.4 Å². The number of methoxy groups -OCH3 is 1. The molecule has 2 aromatic carbocycles. The van der Waals surface area contributed by atoms with Gasteiger partial charge in [-0.3, -0.25) is 9.59 Å². The molecular formula is C19H22N2O3. The molecule has 0 aliphatic carbocycles. The SMILES string of the molecule is COc1ccccc1C(=O)NCCN(C(C)=O)c1ccccc1C. The summed E-state index contributed by atoms with van der Waals surface area (Å²) in [7, 11) is 1.53. The van der Waals surface area contributed by atoms with Gasteiger partial charge in [0, 0.05) is 25.7 Å². The van der Waals surface area contributed by atoms with Crippen molar-refractivity contribution < 1.29 is 14.3 Å². The van der Waals surface area contributed by atoms with Gasteiger partial charge < -0.3 is 15.0 Å². The highest BCUT2D eigenvalue weighted by Gasteiger charge is 2.15. The number of rotatable bonds is 6. The minimum absolute atomic E-state index is 0.0594. The number of nitrogens with one attached hydrogen (secondary N) is 1. The molecule has 0 unspecified atom stereocenters. The van der Waals surface area contributed by atoms with Gasteiger partial charge in [0.15, 0.2) is 0 Å². The first kappa shape index (κ1) is 17.5. The molecule has 0 atom stereocenters. The van der Waals surface area contributed by atoms with Gasteiger partial charge in [-0.1, -0.05) is 30.3 Å². The fourth-order valence-corrected chi connectivity index (χ4v) is 2.52. The quantitative estimate of drug-likeness (QED) is 0.888. The second kappa shape index (κ2) is 8.15. The van der Waals surface area contributed by atoms with Crippen LogP contribution in [0.2, 0.25) is 0 Å². The maximum Gasteiger partial charge on any atom is 0.255 e. The summed E-state index contributed by atoms with van der Waals surface area (Å²) in [6, 6.07) is 14.7. The number of hydrogen-bond donors (Lipinski definition) is 1. The fraction of sp³-hybridized carbons (Fsp3) is 0.263. The summed E-state index contributed by atoms with van der Waals surface area (Å²) in [6.07, 6.45) is 0. The van der Waals surface area contributed by atoms with Crippen molar-refractivity contribution in [2.24, 2.45) is 0 Å². The minimum Gasteiger partial charge on any atom is -0.496 e. The van der Waals surface area contributed by atoms with E-state index in [1.807, 2.05) is 37.3 Å². The van der Waals surface area contributed by atoms with Gasteiger partial charge in [0.2, 0.25) is 5.91 Å². The highest BCUT2D eigenvalue weighted by Crippen LogP contribution is 2.19. The Labute approximate surface area is 142 Å². The van der Waals surface area contributed by atoms with Crippen LogP contribution >= 0.6 is 0 Å². The summed E-state index contributed by atoms with van der Waals surface area (Å²) >= 11 is 0. The molecule has 0 radical (unpaired) electrons. The third kappa shape index (κ3) is 4.13. The van der Waals surface area contributed by atoms with Crippen LogP contribution < -0.4 is 15.0 Å². The summed E-state index contributed by atoms with van der Waals surface area (Å²) < 4.78 is 5.19. The molecule has 24 heavy (non-hydrogen) atoms. The van der Waals surface area contributed by atoms with E-state index in [1.165, 1.54) is 14.0 Å². The number of carbonyl (C=O) groups is 2. The van der Waals surface area contributed by atoms with Crippen molar-refractivity contribution in [2.75, 3.05) is 25.1 Å². The van der Waals surface area contributed by atoms with E-state index in [-0.39, 0.29) is 11.8 Å². The molecule has 2 amide bonds. The van der Waals surface area contributed by atoms with Gasteiger partial charge in [-0.05, 0) is 30.7 Å². The predicted molar refractivity (Wildman–Crippen MR) is 94.5 cm³/mol.